The summed E-state index contributed by atoms with van der Waals surface area (Å²) in [4.78, 5) is 6.97. The zero-order chi connectivity index (χ0) is 55.2. The van der Waals surface area contributed by atoms with Crippen LogP contribution in [-0.4, -0.2) is 14.1 Å². The van der Waals surface area contributed by atoms with Crippen LogP contribution in [0.3, 0.4) is 0 Å². The molecule has 11 aromatic rings. The summed E-state index contributed by atoms with van der Waals surface area (Å²) >= 11 is 0. The fourth-order valence-corrected chi connectivity index (χ4v) is 9.76. The number of pyridine rings is 1. The number of para-hydroxylation sites is 3. The van der Waals surface area contributed by atoms with Gasteiger partial charge in [0.1, 0.15) is 24.0 Å². The standard InChI is InChI=1S/C61H50N4O/c1-38-26-28-48-46-19-10-11-20-47(46)51-23-15-25-56-60(51)64(59-39(2)16-14-22-52(59)53(48)30-38)37-63(56)43-32-42(61(4,5)6)33-45(34-43)66-44-27-29-50-49-21-12-13-24-55(49)65(57(50)35-44)58-31-40(3)54(36-62-58)41-17-8-7-9-18-41/h7-36H,37H2,1-6H3/i3D3,7D,8D,9D,12D,13D,17D,18D,21D,24D. The van der Waals surface area contributed by atoms with Gasteiger partial charge in [0.15, 0.2) is 0 Å². The van der Waals surface area contributed by atoms with Gasteiger partial charge in [-0.2, -0.15) is 0 Å². The third-order valence-corrected chi connectivity index (χ3v) is 12.9. The van der Waals surface area contributed by atoms with Gasteiger partial charge in [-0.1, -0.05) is 147 Å². The maximum absolute atomic E-state index is 9.21. The van der Waals surface area contributed by atoms with E-state index in [0.29, 0.717) is 29.1 Å². The second kappa shape index (κ2) is 15.1. The Morgan fingerprint density at radius 1 is 0.591 bits per heavy atom. The molecular weight excluding hydrogens is 805 g/mol. The monoisotopic (exact) mass is 866 g/mol. The van der Waals surface area contributed by atoms with Crippen molar-refractivity contribution in [2.24, 2.45) is 0 Å². The van der Waals surface area contributed by atoms with E-state index in [-0.39, 0.29) is 44.9 Å². The van der Waals surface area contributed by atoms with Crippen LogP contribution in [0.15, 0.2) is 182 Å². The summed E-state index contributed by atoms with van der Waals surface area (Å²) in [5, 5.41) is 7.41. The topological polar surface area (TPSA) is 35.2 Å². The van der Waals surface area contributed by atoms with E-state index in [2.05, 4.69) is 134 Å². The van der Waals surface area contributed by atoms with Gasteiger partial charge < -0.3 is 14.2 Å². The van der Waals surface area contributed by atoms with Crippen molar-refractivity contribution in [3.05, 3.63) is 204 Å². The van der Waals surface area contributed by atoms with E-state index in [1.807, 2.05) is 12.1 Å². The van der Waals surface area contributed by atoms with E-state index in [9.17, 15) is 1.37 Å². The molecule has 0 N–H and O–H groups in total. The van der Waals surface area contributed by atoms with Crippen molar-refractivity contribution in [2.75, 3.05) is 4.90 Å². The Kier molecular flexibility index (Phi) is 6.59. The molecule has 4 heterocycles. The van der Waals surface area contributed by atoms with Crippen LogP contribution in [0.25, 0.3) is 82.1 Å². The van der Waals surface area contributed by atoms with E-state index in [1.165, 1.54) is 21.6 Å². The Morgan fingerprint density at radius 3 is 2.14 bits per heavy atom. The van der Waals surface area contributed by atoms with Crippen LogP contribution in [-0.2, 0) is 12.1 Å². The van der Waals surface area contributed by atoms with E-state index >= 15 is 0 Å². The molecule has 0 radical (unpaired) electrons. The Bertz CT molecular complexity index is 4490. The second-order valence-corrected chi connectivity index (χ2v) is 18.1. The van der Waals surface area contributed by atoms with Crippen molar-refractivity contribution in [2.45, 2.75) is 53.6 Å². The van der Waals surface area contributed by atoms with Gasteiger partial charge in [0, 0.05) is 55.2 Å². The molecule has 0 unspecified atom stereocenters. The smallest absolute Gasteiger partial charge is 0.137 e. The molecule has 0 saturated carbocycles. The minimum Gasteiger partial charge on any atom is -0.457 e. The summed E-state index contributed by atoms with van der Waals surface area (Å²) in [6.45, 7) is 8.31. The number of hydrogen-bond acceptors (Lipinski definition) is 3. The first-order valence-corrected chi connectivity index (χ1v) is 22.0. The molecule has 0 aliphatic carbocycles. The number of anilines is 2. The SMILES string of the molecule is [2H]c1c([2H])c([2H])c(-c2cnc(-n3c4cc(Oc5cc(N6Cn7c8c(C)cccc8c8cc(C)ccc8c8ccccc8c8cccc6c87)cc(C(C)(C)C)c5)ccc4c4c([2H])c([2H])c([2H])c([2H])c43)cc2C([2H])([2H])[2H])c([2H])c1[2H]. The number of aryl methyl sites for hydroxylation is 3. The lowest BCUT2D eigenvalue weighted by molar-refractivity contribution is 0.479. The molecular formula is C61H50N4O. The van der Waals surface area contributed by atoms with E-state index in [1.54, 1.807) is 18.2 Å². The van der Waals surface area contributed by atoms with Crippen LogP contribution in [0.4, 0.5) is 11.4 Å². The highest BCUT2D eigenvalue weighted by Gasteiger charge is 2.27. The van der Waals surface area contributed by atoms with Crippen molar-refractivity contribution in [1.29, 1.82) is 0 Å². The Labute approximate surface area is 401 Å². The van der Waals surface area contributed by atoms with Gasteiger partial charge in [0.2, 0.25) is 0 Å². The van der Waals surface area contributed by atoms with Gasteiger partial charge in [0.25, 0.3) is 0 Å². The van der Waals surface area contributed by atoms with E-state index in [0.717, 1.165) is 66.7 Å². The van der Waals surface area contributed by atoms with Crippen LogP contribution in [0.2, 0.25) is 0 Å². The molecule has 0 spiro atoms. The highest BCUT2D eigenvalue weighted by atomic mass is 16.5. The maximum atomic E-state index is 9.21. The first-order valence-electron chi connectivity index (χ1n) is 28.0. The average Bonchev–Trinajstić information content (AvgIpc) is 4.10. The molecule has 66 heavy (non-hydrogen) atoms. The summed E-state index contributed by atoms with van der Waals surface area (Å²) in [7, 11) is 0. The lowest BCUT2D eigenvalue weighted by Crippen LogP contribution is -2.17. The molecule has 0 bridgehead atoms. The highest BCUT2D eigenvalue weighted by molar-refractivity contribution is 6.21. The molecule has 0 amide bonds. The van der Waals surface area contributed by atoms with E-state index in [4.69, 9.17) is 19.8 Å². The molecule has 5 heteroatoms. The van der Waals surface area contributed by atoms with Crippen LogP contribution in [0.1, 0.15) is 59.5 Å². The van der Waals surface area contributed by atoms with Gasteiger partial charge in [-0.05, 0) is 112 Å². The zero-order valence-electron chi connectivity index (χ0n) is 49.0. The lowest BCUT2D eigenvalue weighted by Gasteiger charge is -2.26. The lowest BCUT2D eigenvalue weighted by atomic mass is 9.86. The first-order chi connectivity index (χ1) is 37.0. The number of ether oxygens (including phenoxy) is 1. The number of rotatable bonds is 5. The number of nitrogens with zero attached hydrogens (tertiary/aromatic N) is 4. The van der Waals surface area contributed by atoms with Crippen molar-refractivity contribution < 1.29 is 21.2 Å². The van der Waals surface area contributed by atoms with Crippen LogP contribution in [0.5, 0.6) is 11.5 Å². The first kappa shape index (κ1) is 28.8. The van der Waals surface area contributed by atoms with Crippen molar-refractivity contribution in [1.82, 2.24) is 14.1 Å². The molecule has 3 aromatic heterocycles. The van der Waals surface area contributed by atoms with Gasteiger partial charge in [-0.25, -0.2) is 4.98 Å². The van der Waals surface area contributed by atoms with Gasteiger partial charge in [0.05, 0.1) is 40.1 Å². The molecule has 1 aliphatic heterocycles. The molecule has 0 atom stereocenters. The fraction of sp³-hybridized carbons (Fsp3) is 0.131. The quantitative estimate of drug-likeness (QED) is 0.173. The molecule has 8 aromatic carbocycles. The summed E-state index contributed by atoms with van der Waals surface area (Å²) in [6.07, 6.45) is 1.14. The summed E-state index contributed by atoms with van der Waals surface area (Å²) < 4.78 is 115. The summed E-state index contributed by atoms with van der Waals surface area (Å²) in [5.74, 6) is 0.803. The maximum Gasteiger partial charge on any atom is 0.137 e. The molecule has 1 aliphatic rings. The van der Waals surface area contributed by atoms with E-state index < -0.39 is 55.2 Å². The van der Waals surface area contributed by atoms with Gasteiger partial charge in [-0.3, -0.25) is 4.57 Å². The van der Waals surface area contributed by atoms with Crippen LogP contribution >= 0.6 is 0 Å². The number of benzene rings is 8. The minimum atomic E-state index is -2.90. The third-order valence-electron chi connectivity index (χ3n) is 12.9. The van der Waals surface area contributed by atoms with Gasteiger partial charge >= 0.3 is 0 Å². The summed E-state index contributed by atoms with van der Waals surface area (Å²) in [5.41, 5.74) is 6.49. The average molecular weight is 867 g/mol. The van der Waals surface area contributed by atoms with Crippen LogP contribution < -0.4 is 9.64 Å². The van der Waals surface area contributed by atoms with Crippen molar-refractivity contribution >= 4 is 76.5 Å². The Morgan fingerprint density at radius 2 is 1.32 bits per heavy atom. The normalized spacial score (nSPS) is 15.4. The third kappa shape index (κ3) is 6.41. The Balaban J connectivity index is 1.06. The number of fused-ring (bicyclic) bond motifs is 10. The summed E-state index contributed by atoms with van der Waals surface area (Å²) in [6, 6.07) is 36.1. The van der Waals surface area contributed by atoms with Crippen LogP contribution in [0, 0.1) is 20.7 Å². The van der Waals surface area contributed by atoms with Crippen molar-refractivity contribution in [3.63, 3.8) is 0 Å². The minimum absolute atomic E-state index is 0.0269. The molecule has 12 rings (SSSR count). The number of hydrogen-bond donors (Lipinski definition) is 0. The number of aromatic nitrogens is 3. The predicted octanol–water partition coefficient (Wildman–Crippen LogP) is 16.5. The fourth-order valence-electron chi connectivity index (χ4n) is 9.76. The molecule has 0 saturated heterocycles. The van der Waals surface area contributed by atoms with Crippen molar-refractivity contribution in [3.8, 4) is 28.4 Å². The molecule has 5 nitrogen and oxygen atoms in total. The highest BCUT2D eigenvalue weighted by Crippen LogP contribution is 2.45. The molecule has 320 valence electrons. The predicted molar refractivity (Wildman–Crippen MR) is 278 cm³/mol. The Hall–Kier alpha value is -7.89. The zero-order valence-corrected chi connectivity index (χ0v) is 37.0. The molecule has 0 fully saturated rings. The largest absolute Gasteiger partial charge is 0.457 e. The second-order valence-electron chi connectivity index (χ2n) is 18.1. The van der Waals surface area contributed by atoms with Gasteiger partial charge in [-0.15, -0.1) is 0 Å².